The molecule has 0 aromatic heterocycles. The van der Waals surface area contributed by atoms with Gasteiger partial charge in [-0.25, -0.2) is 9.59 Å². The summed E-state index contributed by atoms with van der Waals surface area (Å²) in [6, 6.07) is -0.944. The Morgan fingerprint density at radius 2 is 2.00 bits per heavy atom. The van der Waals surface area contributed by atoms with Crippen molar-refractivity contribution in [3.8, 4) is 0 Å². The van der Waals surface area contributed by atoms with Gasteiger partial charge in [0.2, 0.25) is 0 Å². The van der Waals surface area contributed by atoms with Crippen molar-refractivity contribution in [2.75, 3.05) is 13.7 Å². The van der Waals surface area contributed by atoms with Crippen LogP contribution >= 0.6 is 0 Å². The van der Waals surface area contributed by atoms with Crippen molar-refractivity contribution in [2.24, 2.45) is 11.3 Å². The zero-order valence-corrected chi connectivity index (χ0v) is 13.3. The number of methoxy groups -OCH3 is 1. The summed E-state index contributed by atoms with van der Waals surface area (Å²) in [7, 11) is 1.68. The molecule has 6 nitrogen and oxygen atoms in total. The highest BCUT2D eigenvalue weighted by atomic mass is 16.5. The van der Waals surface area contributed by atoms with Crippen molar-refractivity contribution < 1.29 is 19.4 Å². The lowest BCUT2D eigenvalue weighted by atomic mass is 9.64. The van der Waals surface area contributed by atoms with E-state index in [0.29, 0.717) is 18.9 Å². The highest BCUT2D eigenvalue weighted by Gasteiger charge is 2.50. The van der Waals surface area contributed by atoms with E-state index < -0.39 is 12.0 Å². The maximum Gasteiger partial charge on any atom is 0.326 e. The molecule has 0 bridgehead atoms. The van der Waals surface area contributed by atoms with Gasteiger partial charge in [0.25, 0.3) is 0 Å². The molecule has 6 heteroatoms. The van der Waals surface area contributed by atoms with E-state index >= 15 is 0 Å². The topological polar surface area (TPSA) is 78.9 Å². The van der Waals surface area contributed by atoms with E-state index in [1.54, 1.807) is 7.11 Å². The number of aliphatic carboxylic acids is 1. The van der Waals surface area contributed by atoms with E-state index in [2.05, 4.69) is 19.2 Å². The number of likely N-dealkylation sites (tertiary alicyclic amines) is 1. The molecule has 0 aromatic carbocycles. The van der Waals surface area contributed by atoms with Crippen LogP contribution in [0.15, 0.2) is 0 Å². The molecule has 1 aliphatic heterocycles. The van der Waals surface area contributed by atoms with E-state index in [-0.39, 0.29) is 23.6 Å². The van der Waals surface area contributed by atoms with Gasteiger partial charge in [-0.3, -0.25) is 0 Å². The SMILES string of the molecule is COC1CC(NC(=O)N2CCC(C)CC2C(=O)O)C1(C)C. The monoisotopic (exact) mass is 298 g/mol. The molecule has 4 unspecified atom stereocenters. The van der Waals surface area contributed by atoms with Gasteiger partial charge in [-0.1, -0.05) is 20.8 Å². The van der Waals surface area contributed by atoms with Crippen LogP contribution in [-0.4, -0.2) is 53.8 Å². The lowest BCUT2D eigenvalue weighted by Crippen LogP contribution is -2.65. The molecule has 2 fully saturated rings. The van der Waals surface area contributed by atoms with Crippen LogP contribution in [-0.2, 0) is 9.53 Å². The van der Waals surface area contributed by atoms with Crippen LogP contribution in [0.3, 0.4) is 0 Å². The molecular weight excluding hydrogens is 272 g/mol. The molecule has 1 aliphatic carbocycles. The van der Waals surface area contributed by atoms with E-state index in [1.165, 1.54) is 4.90 Å². The van der Waals surface area contributed by atoms with Gasteiger partial charge in [0.15, 0.2) is 0 Å². The molecule has 0 radical (unpaired) electrons. The summed E-state index contributed by atoms with van der Waals surface area (Å²) in [5, 5.41) is 12.3. The summed E-state index contributed by atoms with van der Waals surface area (Å²) in [5.41, 5.74) is -0.119. The molecule has 2 aliphatic rings. The third-order valence-corrected chi connectivity index (χ3v) is 5.17. The summed E-state index contributed by atoms with van der Waals surface area (Å²) in [6.45, 7) is 6.65. The van der Waals surface area contributed by atoms with Gasteiger partial charge in [-0.05, 0) is 25.2 Å². The van der Waals surface area contributed by atoms with Crippen LogP contribution in [0.1, 0.15) is 40.0 Å². The van der Waals surface area contributed by atoms with Gasteiger partial charge >= 0.3 is 12.0 Å². The second-order valence-corrected chi connectivity index (χ2v) is 6.96. The Hall–Kier alpha value is -1.30. The van der Waals surface area contributed by atoms with Crippen LogP contribution < -0.4 is 5.32 Å². The van der Waals surface area contributed by atoms with Crippen LogP contribution in [0.5, 0.6) is 0 Å². The number of nitrogens with zero attached hydrogens (tertiary/aromatic N) is 1. The lowest BCUT2D eigenvalue weighted by Gasteiger charge is -2.51. The molecule has 1 heterocycles. The number of carboxylic acids is 1. The number of ether oxygens (including phenoxy) is 1. The fourth-order valence-electron chi connectivity index (χ4n) is 3.38. The van der Waals surface area contributed by atoms with Crippen molar-refractivity contribution >= 4 is 12.0 Å². The number of hydrogen-bond donors (Lipinski definition) is 2. The van der Waals surface area contributed by atoms with E-state index in [0.717, 1.165) is 12.8 Å². The number of piperidine rings is 1. The van der Waals surface area contributed by atoms with Crippen molar-refractivity contribution in [1.82, 2.24) is 10.2 Å². The Bertz CT molecular complexity index is 424. The molecule has 1 saturated heterocycles. The number of carboxylic acid groups (broad SMARTS) is 1. The first-order valence-corrected chi connectivity index (χ1v) is 7.60. The molecule has 0 spiro atoms. The van der Waals surface area contributed by atoms with Gasteiger partial charge in [-0.2, -0.15) is 0 Å². The molecule has 2 N–H and O–H groups in total. The molecule has 21 heavy (non-hydrogen) atoms. The number of carbonyl (C=O) groups excluding carboxylic acids is 1. The number of carbonyl (C=O) groups is 2. The zero-order chi connectivity index (χ0) is 15.8. The summed E-state index contributed by atoms with van der Waals surface area (Å²) >= 11 is 0. The second kappa shape index (κ2) is 5.83. The molecule has 0 aromatic rings. The number of amides is 2. The fourth-order valence-corrected chi connectivity index (χ4v) is 3.38. The van der Waals surface area contributed by atoms with Crippen molar-refractivity contribution in [2.45, 2.75) is 58.2 Å². The largest absolute Gasteiger partial charge is 0.480 e. The maximum atomic E-state index is 12.4. The van der Waals surface area contributed by atoms with Gasteiger partial charge in [0.05, 0.1) is 6.10 Å². The van der Waals surface area contributed by atoms with Gasteiger partial charge in [0.1, 0.15) is 6.04 Å². The first-order valence-electron chi connectivity index (χ1n) is 7.60. The minimum Gasteiger partial charge on any atom is -0.480 e. The van der Waals surface area contributed by atoms with Crippen molar-refractivity contribution in [1.29, 1.82) is 0 Å². The third-order valence-electron chi connectivity index (χ3n) is 5.17. The zero-order valence-electron chi connectivity index (χ0n) is 13.3. The quantitative estimate of drug-likeness (QED) is 0.831. The average Bonchev–Trinajstić information content (AvgIpc) is 2.42. The minimum absolute atomic E-state index is 0.0312. The Balaban J connectivity index is 1.98. The molecule has 2 amide bonds. The summed E-state index contributed by atoms with van der Waals surface area (Å²) < 4.78 is 5.37. The normalized spacial score (nSPS) is 35.0. The molecule has 2 rings (SSSR count). The first-order chi connectivity index (χ1) is 9.77. The second-order valence-electron chi connectivity index (χ2n) is 6.96. The van der Waals surface area contributed by atoms with Crippen molar-refractivity contribution in [3.05, 3.63) is 0 Å². The van der Waals surface area contributed by atoms with Crippen LogP contribution in [0.4, 0.5) is 4.79 Å². The first kappa shape index (κ1) is 16.1. The Morgan fingerprint density at radius 3 is 2.52 bits per heavy atom. The van der Waals surface area contributed by atoms with Gasteiger partial charge in [-0.15, -0.1) is 0 Å². The Kier molecular flexibility index (Phi) is 4.46. The number of urea groups is 1. The van der Waals surface area contributed by atoms with Gasteiger partial charge < -0.3 is 20.1 Å². The average molecular weight is 298 g/mol. The lowest BCUT2D eigenvalue weighted by molar-refractivity contribution is -0.144. The molecular formula is C15H26N2O4. The molecule has 1 saturated carbocycles. The smallest absolute Gasteiger partial charge is 0.326 e. The molecule has 120 valence electrons. The number of hydrogen-bond acceptors (Lipinski definition) is 3. The van der Waals surface area contributed by atoms with E-state index in [4.69, 9.17) is 4.74 Å². The minimum atomic E-state index is -0.917. The summed E-state index contributed by atoms with van der Waals surface area (Å²) in [4.78, 5) is 25.3. The maximum absolute atomic E-state index is 12.4. The fraction of sp³-hybridized carbons (Fsp3) is 0.867. The Morgan fingerprint density at radius 1 is 1.33 bits per heavy atom. The standard InChI is InChI=1S/C15H26N2O4/c1-9-5-6-17(10(7-9)13(18)19)14(20)16-11-8-12(21-4)15(11,2)3/h9-12H,5-8H2,1-4H3,(H,16,20)(H,18,19). The van der Waals surface area contributed by atoms with Crippen LogP contribution in [0.25, 0.3) is 0 Å². The predicted octanol–water partition coefficient (Wildman–Crippen LogP) is 1.69. The van der Waals surface area contributed by atoms with Crippen molar-refractivity contribution in [3.63, 3.8) is 0 Å². The number of nitrogens with one attached hydrogen (secondary N) is 1. The Labute approximate surface area is 125 Å². The number of rotatable bonds is 3. The summed E-state index contributed by atoms with van der Waals surface area (Å²) in [6.07, 6.45) is 2.29. The summed E-state index contributed by atoms with van der Waals surface area (Å²) in [5.74, 6) is -0.576. The molecule has 4 atom stereocenters. The van der Waals surface area contributed by atoms with Gasteiger partial charge in [0, 0.05) is 25.1 Å². The third kappa shape index (κ3) is 3.00. The van der Waals surface area contributed by atoms with E-state index in [9.17, 15) is 14.7 Å². The van der Waals surface area contributed by atoms with E-state index in [1.807, 2.05) is 6.92 Å². The van der Waals surface area contributed by atoms with Crippen LogP contribution in [0.2, 0.25) is 0 Å². The highest BCUT2D eigenvalue weighted by molar-refractivity contribution is 5.83. The van der Waals surface area contributed by atoms with Crippen LogP contribution in [0, 0.1) is 11.3 Å². The highest BCUT2D eigenvalue weighted by Crippen LogP contribution is 2.42. The predicted molar refractivity (Wildman–Crippen MR) is 78.0 cm³/mol.